The lowest BCUT2D eigenvalue weighted by atomic mass is 9.48. The first-order chi connectivity index (χ1) is 12.4. The summed E-state index contributed by atoms with van der Waals surface area (Å²) in [7, 11) is 0. The van der Waals surface area contributed by atoms with Crippen molar-refractivity contribution < 1.29 is 0 Å². The van der Waals surface area contributed by atoms with Crippen LogP contribution in [0.15, 0.2) is 42.6 Å². The summed E-state index contributed by atoms with van der Waals surface area (Å²) in [5.74, 6) is 2.97. The van der Waals surface area contributed by atoms with Crippen molar-refractivity contribution in [1.82, 2.24) is 4.98 Å². The molecule has 2 aromatic rings. The molecular weight excluding hydrogens is 314 g/mol. The van der Waals surface area contributed by atoms with Crippen molar-refractivity contribution in [2.24, 2.45) is 17.8 Å². The van der Waals surface area contributed by atoms with Gasteiger partial charge in [-0.05, 0) is 90.4 Å². The Morgan fingerprint density at radius 2 is 1.42 bits per heavy atom. The second-order valence-corrected chi connectivity index (χ2v) is 10.5. The van der Waals surface area contributed by atoms with Crippen LogP contribution >= 0.6 is 0 Å². The Labute approximate surface area is 158 Å². The number of hydrogen-bond donors (Lipinski definition) is 0. The van der Waals surface area contributed by atoms with Gasteiger partial charge in [0.15, 0.2) is 0 Å². The third-order valence-electron chi connectivity index (χ3n) is 7.46. The molecule has 4 aliphatic rings. The minimum absolute atomic E-state index is 0.201. The Bertz CT molecular complexity index is 774. The summed E-state index contributed by atoms with van der Waals surface area (Å²) >= 11 is 0. The van der Waals surface area contributed by atoms with Gasteiger partial charge in [-0.1, -0.05) is 45.0 Å². The molecule has 6 rings (SSSR count). The molecule has 1 nitrogen and oxygen atoms in total. The zero-order valence-corrected chi connectivity index (χ0v) is 16.5. The fourth-order valence-electron chi connectivity index (χ4n) is 6.52. The van der Waals surface area contributed by atoms with E-state index in [2.05, 4.69) is 63.4 Å². The molecule has 1 heteroatoms. The van der Waals surface area contributed by atoms with Gasteiger partial charge in [0.2, 0.25) is 0 Å². The van der Waals surface area contributed by atoms with E-state index in [1.54, 1.807) is 5.56 Å². The Hall–Kier alpha value is -1.63. The standard InChI is InChI=1S/C25H31N/c1-24(2,3)21-6-4-20(5-7-21)23-13-22(8-9-26-23)25-14-17-10-18(15-25)12-19(11-17)16-25/h4-9,13,17-19H,10-12,14-16H2,1-3H3. The molecule has 4 aliphatic carbocycles. The topological polar surface area (TPSA) is 12.9 Å². The first-order valence-electron chi connectivity index (χ1n) is 10.5. The lowest BCUT2D eigenvalue weighted by Crippen LogP contribution is -2.48. The maximum atomic E-state index is 4.73. The molecule has 0 amide bonds. The van der Waals surface area contributed by atoms with Gasteiger partial charge in [0.05, 0.1) is 5.69 Å². The van der Waals surface area contributed by atoms with E-state index in [0.717, 1.165) is 23.4 Å². The first-order valence-corrected chi connectivity index (χ1v) is 10.5. The molecule has 4 saturated carbocycles. The lowest BCUT2D eigenvalue weighted by molar-refractivity contribution is -0.00520. The summed E-state index contributed by atoms with van der Waals surface area (Å²) in [6.07, 6.45) is 10.8. The van der Waals surface area contributed by atoms with E-state index in [-0.39, 0.29) is 5.41 Å². The lowest BCUT2D eigenvalue weighted by Gasteiger charge is -2.57. The van der Waals surface area contributed by atoms with Crippen molar-refractivity contribution in [3.8, 4) is 11.3 Å². The highest BCUT2D eigenvalue weighted by molar-refractivity contribution is 5.61. The minimum Gasteiger partial charge on any atom is -0.256 e. The van der Waals surface area contributed by atoms with Crippen LogP contribution in [0, 0.1) is 17.8 Å². The number of benzene rings is 1. The molecule has 4 bridgehead atoms. The molecule has 1 heterocycles. The van der Waals surface area contributed by atoms with Crippen LogP contribution in [0.3, 0.4) is 0 Å². The zero-order valence-electron chi connectivity index (χ0n) is 16.5. The van der Waals surface area contributed by atoms with E-state index >= 15 is 0 Å². The van der Waals surface area contributed by atoms with Crippen LogP contribution in [0.1, 0.15) is 70.4 Å². The normalized spacial score (nSPS) is 32.8. The van der Waals surface area contributed by atoms with Gasteiger partial charge in [0.25, 0.3) is 0 Å². The summed E-state index contributed by atoms with van der Waals surface area (Å²) < 4.78 is 0. The van der Waals surface area contributed by atoms with Gasteiger partial charge in [0, 0.05) is 11.8 Å². The highest BCUT2D eigenvalue weighted by Crippen LogP contribution is 2.60. The number of hydrogen-bond acceptors (Lipinski definition) is 1. The fourth-order valence-corrected chi connectivity index (χ4v) is 6.52. The molecule has 1 aromatic carbocycles. The highest BCUT2D eigenvalue weighted by atomic mass is 14.7. The van der Waals surface area contributed by atoms with Gasteiger partial charge >= 0.3 is 0 Å². The van der Waals surface area contributed by atoms with E-state index in [0.29, 0.717) is 5.41 Å². The Balaban J connectivity index is 1.48. The number of aromatic nitrogens is 1. The summed E-state index contributed by atoms with van der Waals surface area (Å²) in [4.78, 5) is 4.73. The van der Waals surface area contributed by atoms with E-state index in [1.807, 2.05) is 0 Å². The predicted molar refractivity (Wildman–Crippen MR) is 108 cm³/mol. The van der Waals surface area contributed by atoms with E-state index in [9.17, 15) is 0 Å². The van der Waals surface area contributed by atoms with Gasteiger partial charge in [-0.15, -0.1) is 0 Å². The van der Waals surface area contributed by atoms with Crippen LogP contribution in [-0.4, -0.2) is 4.98 Å². The average Bonchev–Trinajstić information content (AvgIpc) is 2.60. The highest BCUT2D eigenvalue weighted by Gasteiger charge is 2.51. The third kappa shape index (κ3) is 2.71. The Kier molecular flexibility index (Phi) is 3.61. The molecule has 0 atom stereocenters. The zero-order chi connectivity index (χ0) is 17.9. The van der Waals surface area contributed by atoms with Gasteiger partial charge in [-0.3, -0.25) is 4.98 Å². The number of nitrogens with zero attached hydrogens (tertiary/aromatic N) is 1. The van der Waals surface area contributed by atoms with Crippen LogP contribution in [-0.2, 0) is 10.8 Å². The first kappa shape index (κ1) is 16.5. The van der Waals surface area contributed by atoms with Crippen LogP contribution in [0.5, 0.6) is 0 Å². The monoisotopic (exact) mass is 345 g/mol. The summed E-state index contributed by atoms with van der Waals surface area (Å²) in [5, 5.41) is 0. The third-order valence-corrected chi connectivity index (χ3v) is 7.46. The Morgan fingerprint density at radius 1 is 0.846 bits per heavy atom. The molecule has 0 saturated heterocycles. The largest absolute Gasteiger partial charge is 0.256 e. The molecule has 0 unspecified atom stereocenters. The van der Waals surface area contributed by atoms with Crippen LogP contribution < -0.4 is 0 Å². The maximum absolute atomic E-state index is 4.73. The molecule has 4 fully saturated rings. The van der Waals surface area contributed by atoms with Crippen molar-refractivity contribution in [2.45, 2.75) is 70.1 Å². The van der Waals surface area contributed by atoms with E-state index in [4.69, 9.17) is 4.98 Å². The second kappa shape index (κ2) is 5.68. The van der Waals surface area contributed by atoms with Crippen molar-refractivity contribution in [1.29, 1.82) is 0 Å². The van der Waals surface area contributed by atoms with Gasteiger partial charge < -0.3 is 0 Å². The predicted octanol–water partition coefficient (Wildman–Crippen LogP) is 6.51. The molecule has 0 aliphatic heterocycles. The van der Waals surface area contributed by atoms with Crippen molar-refractivity contribution in [3.05, 3.63) is 53.7 Å². The number of rotatable bonds is 2. The van der Waals surface area contributed by atoms with Crippen molar-refractivity contribution >= 4 is 0 Å². The van der Waals surface area contributed by atoms with Gasteiger partial charge in [-0.25, -0.2) is 0 Å². The van der Waals surface area contributed by atoms with Crippen LogP contribution in [0.4, 0.5) is 0 Å². The van der Waals surface area contributed by atoms with Crippen LogP contribution in [0.25, 0.3) is 11.3 Å². The van der Waals surface area contributed by atoms with Gasteiger partial charge in [0.1, 0.15) is 0 Å². The SMILES string of the molecule is CC(C)(C)c1ccc(-c2cc(C34CC5CC(CC(C5)C3)C4)ccn2)cc1. The van der Waals surface area contributed by atoms with Crippen molar-refractivity contribution in [2.75, 3.05) is 0 Å². The van der Waals surface area contributed by atoms with E-state index < -0.39 is 0 Å². The average molecular weight is 346 g/mol. The molecule has 26 heavy (non-hydrogen) atoms. The summed E-state index contributed by atoms with van der Waals surface area (Å²) in [6, 6.07) is 13.8. The molecular formula is C25H31N. The van der Waals surface area contributed by atoms with E-state index in [1.165, 1.54) is 49.7 Å². The molecule has 0 N–H and O–H groups in total. The number of pyridine rings is 1. The Morgan fingerprint density at radius 3 is 1.96 bits per heavy atom. The summed E-state index contributed by atoms with van der Waals surface area (Å²) in [5.41, 5.74) is 6.02. The summed E-state index contributed by atoms with van der Waals surface area (Å²) in [6.45, 7) is 6.82. The minimum atomic E-state index is 0.201. The molecule has 136 valence electrons. The fraction of sp³-hybridized carbons (Fsp3) is 0.560. The molecule has 0 radical (unpaired) electrons. The second-order valence-electron chi connectivity index (χ2n) is 10.5. The van der Waals surface area contributed by atoms with Gasteiger partial charge in [-0.2, -0.15) is 0 Å². The quantitative estimate of drug-likeness (QED) is 0.604. The molecule has 0 spiro atoms. The van der Waals surface area contributed by atoms with Crippen LogP contribution in [0.2, 0.25) is 0 Å². The smallest absolute Gasteiger partial charge is 0.0704 e. The van der Waals surface area contributed by atoms with Crippen molar-refractivity contribution in [3.63, 3.8) is 0 Å². The molecule has 1 aromatic heterocycles. The maximum Gasteiger partial charge on any atom is 0.0704 e.